The van der Waals surface area contributed by atoms with E-state index in [1.54, 1.807) is 6.20 Å². The van der Waals surface area contributed by atoms with E-state index in [2.05, 4.69) is 34.7 Å². The molecule has 1 aromatic heterocycles. The average molecular weight is 322 g/mol. The summed E-state index contributed by atoms with van der Waals surface area (Å²) in [5, 5.41) is 13.2. The Balaban J connectivity index is 1.89. The fourth-order valence-corrected chi connectivity index (χ4v) is 3.07. The van der Waals surface area contributed by atoms with Crippen molar-refractivity contribution in [1.29, 1.82) is 0 Å². The van der Waals surface area contributed by atoms with Gasteiger partial charge < -0.3 is 10.1 Å². The Kier molecular flexibility index (Phi) is 5.68. The van der Waals surface area contributed by atoms with Gasteiger partial charge in [-0.3, -0.25) is 10.4 Å². The van der Waals surface area contributed by atoms with Crippen LogP contribution in [-0.2, 0) is 11.3 Å². The molecular formula is C17H30N4O2. The van der Waals surface area contributed by atoms with E-state index in [1.807, 2.05) is 20.8 Å². The van der Waals surface area contributed by atoms with Gasteiger partial charge in [-0.05, 0) is 39.0 Å². The first-order chi connectivity index (χ1) is 10.8. The van der Waals surface area contributed by atoms with E-state index in [0.717, 1.165) is 11.5 Å². The van der Waals surface area contributed by atoms with Gasteiger partial charge in [0.25, 0.3) is 0 Å². The van der Waals surface area contributed by atoms with Gasteiger partial charge in [0.05, 0.1) is 6.20 Å². The van der Waals surface area contributed by atoms with Gasteiger partial charge in [-0.1, -0.05) is 26.7 Å². The van der Waals surface area contributed by atoms with Gasteiger partial charge in [0.1, 0.15) is 11.4 Å². The highest BCUT2D eigenvalue weighted by Gasteiger charge is 2.27. The lowest BCUT2D eigenvalue weighted by atomic mass is 9.78. The molecule has 1 fully saturated rings. The fourth-order valence-electron chi connectivity index (χ4n) is 3.07. The van der Waals surface area contributed by atoms with Crippen LogP contribution < -0.4 is 10.6 Å². The highest BCUT2D eigenvalue weighted by atomic mass is 16.6. The Bertz CT molecular complexity index is 521. The van der Waals surface area contributed by atoms with Crippen LogP contribution in [0.15, 0.2) is 6.20 Å². The summed E-state index contributed by atoms with van der Waals surface area (Å²) in [5.74, 6) is 2.02. The van der Waals surface area contributed by atoms with Crippen molar-refractivity contribution in [2.75, 3.05) is 5.32 Å². The number of rotatable bonds is 4. The minimum absolute atomic E-state index is 0.470. The Morgan fingerprint density at radius 2 is 2.13 bits per heavy atom. The molecule has 3 unspecified atom stereocenters. The van der Waals surface area contributed by atoms with Crippen molar-refractivity contribution >= 4 is 11.9 Å². The Morgan fingerprint density at radius 1 is 1.39 bits per heavy atom. The molecule has 0 aromatic carbocycles. The second-order valence-electron chi connectivity index (χ2n) is 7.65. The molecule has 0 spiro atoms. The second-order valence-corrected chi connectivity index (χ2v) is 7.65. The second kappa shape index (κ2) is 7.34. The van der Waals surface area contributed by atoms with Crippen LogP contribution in [0.2, 0.25) is 0 Å². The van der Waals surface area contributed by atoms with Crippen LogP contribution in [0.5, 0.6) is 0 Å². The third-order valence-corrected chi connectivity index (χ3v) is 4.61. The van der Waals surface area contributed by atoms with Crippen LogP contribution in [0, 0.1) is 11.8 Å². The molecule has 0 aliphatic heterocycles. The van der Waals surface area contributed by atoms with Crippen molar-refractivity contribution in [3.63, 3.8) is 0 Å². The molecule has 6 nitrogen and oxygen atoms in total. The molecule has 1 aliphatic rings. The summed E-state index contributed by atoms with van der Waals surface area (Å²) >= 11 is 0. The van der Waals surface area contributed by atoms with E-state index in [1.165, 1.54) is 19.3 Å². The molecule has 0 bridgehead atoms. The first kappa shape index (κ1) is 17.8. The highest BCUT2D eigenvalue weighted by molar-refractivity contribution is 5.84. The number of carbonyl (C=O) groups is 1. The van der Waals surface area contributed by atoms with E-state index >= 15 is 0 Å². The molecular weight excluding hydrogens is 292 g/mol. The molecule has 2 rings (SSSR count). The molecule has 1 aromatic rings. The van der Waals surface area contributed by atoms with Crippen molar-refractivity contribution in [2.45, 2.75) is 72.1 Å². The molecule has 1 aliphatic carbocycles. The number of hydrogen-bond donors (Lipinski definition) is 3. The van der Waals surface area contributed by atoms with Crippen molar-refractivity contribution in [2.24, 2.45) is 11.8 Å². The number of amides is 1. The fraction of sp³-hybridized carbons (Fsp3) is 0.765. The summed E-state index contributed by atoms with van der Waals surface area (Å²) in [6.07, 6.45) is 5.07. The third-order valence-electron chi connectivity index (χ3n) is 4.61. The molecule has 0 radical (unpaired) electrons. The van der Waals surface area contributed by atoms with Gasteiger partial charge >= 0.3 is 6.09 Å². The monoisotopic (exact) mass is 322 g/mol. The van der Waals surface area contributed by atoms with Gasteiger partial charge in [-0.15, -0.1) is 0 Å². The molecule has 6 heteroatoms. The minimum atomic E-state index is -0.518. The van der Waals surface area contributed by atoms with Gasteiger partial charge in [0, 0.05) is 18.2 Å². The molecule has 0 saturated heterocycles. The first-order valence-corrected chi connectivity index (χ1v) is 8.52. The number of carbonyl (C=O) groups excluding carboxylic acids is 1. The number of aromatic amines is 1. The van der Waals surface area contributed by atoms with Crippen LogP contribution in [0.3, 0.4) is 0 Å². The van der Waals surface area contributed by atoms with E-state index < -0.39 is 11.7 Å². The molecule has 23 heavy (non-hydrogen) atoms. The normalized spacial score (nSPS) is 25.2. The summed E-state index contributed by atoms with van der Waals surface area (Å²) in [6, 6.07) is 0.517. The molecule has 1 heterocycles. The lowest BCUT2D eigenvalue weighted by Crippen LogP contribution is -2.40. The number of nitrogens with zero attached hydrogens (tertiary/aromatic N) is 1. The molecule has 1 amide bonds. The van der Waals surface area contributed by atoms with Gasteiger partial charge in [-0.2, -0.15) is 5.10 Å². The van der Waals surface area contributed by atoms with Gasteiger partial charge in [0.2, 0.25) is 0 Å². The van der Waals surface area contributed by atoms with Crippen LogP contribution in [0.4, 0.5) is 10.6 Å². The zero-order valence-electron chi connectivity index (χ0n) is 14.9. The maximum Gasteiger partial charge on any atom is 0.413 e. The van der Waals surface area contributed by atoms with Crippen LogP contribution >= 0.6 is 0 Å². The lowest BCUT2D eigenvalue weighted by molar-refractivity contribution is 0.0635. The van der Waals surface area contributed by atoms with Gasteiger partial charge in [-0.25, -0.2) is 4.79 Å². The van der Waals surface area contributed by atoms with E-state index in [4.69, 9.17) is 4.74 Å². The number of H-pyrrole nitrogens is 1. The standard InChI is InChI=1S/C17H30N4O2/c1-11-7-6-8-14(12(11)2)18-9-13-10-19-21-15(13)20-16(22)23-17(3,4)5/h10-12,14,18H,6-9H2,1-5H3,(H2,19,20,21,22). The van der Waals surface area contributed by atoms with Crippen LogP contribution in [-0.4, -0.2) is 27.9 Å². The number of aromatic nitrogens is 2. The number of nitrogens with one attached hydrogen (secondary N) is 3. The lowest BCUT2D eigenvalue weighted by Gasteiger charge is -2.34. The van der Waals surface area contributed by atoms with Crippen molar-refractivity contribution in [3.05, 3.63) is 11.8 Å². The molecule has 3 N–H and O–H groups in total. The smallest absolute Gasteiger partial charge is 0.413 e. The SMILES string of the molecule is CC1CCCC(NCc2cn[nH]c2NC(=O)OC(C)(C)C)C1C. The van der Waals surface area contributed by atoms with E-state index in [-0.39, 0.29) is 0 Å². The van der Waals surface area contributed by atoms with Crippen LogP contribution in [0.25, 0.3) is 0 Å². The number of anilines is 1. The Hall–Kier alpha value is -1.56. The van der Waals surface area contributed by atoms with E-state index in [0.29, 0.717) is 24.3 Å². The summed E-state index contributed by atoms with van der Waals surface area (Å²) in [7, 11) is 0. The van der Waals surface area contributed by atoms with Crippen molar-refractivity contribution in [3.8, 4) is 0 Å². The minimum Gasteiger partial charge on any atom is -0.444 e. The van der Waals surface area contributed by atoms with Crippen LogP contribution in [0.1, 0.15) is 59.4 Å². The zero-order valence-corrected chi connectivity index (χ0v) is 14.9. The maximum atomic E-state index is 11.9. The van der Waals surface area contributed by atoms with Crippen molar-refractivity contribution < 1.29 is 9.53 Å². The molecule has 130 valence electrons. The topological polar surface area (TPSA) is 79.0 Å². The van der Waals surface area contributed by atoms with E-state index in [9.17, 15) is 4.79 Å². The Morgan fingerprint density at radius 3 is 2.83 bits per heavy atom. The first-order valence-electron chi connectivity index (χ1n) is 8.52. The summed E-state index contributed by atoms with van der Waals surface area (Å²) in [6.45, 7) is 10.8. The Labute approximate surface area is 138 Å². The molecule has 1 saturated carbocycles. The third kappa shape index (κ3) is 5.23. The number of ether oxygens (including phenoxy) is 1. The summed E-state index contributed by atoms with van der Waals surface area (Å²) < 4.78 is 5.27. The predicted octanol–water partition coefficient (Wildman–Crippen LogP) is 3.67. The quantitative estimate of drug-likeness (QED) is 0.790. The maximum absolute atomic E-state index is 11.9. The zero-order chi connectivity index (χ0) is 17.0. The van der Waals surface area contributed by atoms with Gasteiger partial charge in [0.15, 0.2) is 0 Å². The average Bonchev–Trinajstić information content (AvgIpc) is 2.85. The predicted molar refractivity (Wildman–Crippen MR) is 91.3 cm³/mol. The molecule has 3 atom stereocenters. The van der Waals surface area contributed by atoms with Crippen molar-refractivity contribution in [1.82, 2.24) is 15.5 Å². The largest absolute Gasteiger partial charge is 0.444 e. The number of hydrogen-bond acceptors (Lipinski definition) is 4. The summed E-state index contributed by atoms with van der Waals surface area (Å²) in [4.78, 5) is 11.9. The summed E-state index contributed by atoms with van der Waals surface area (Å²) in [5.41, 5.74) is 0.428. The highest BCUT2D eigenvalue weighted by Crippen LogP contribution is 2.29.